The number of carbonyl (C=O) groups excluding carboxylic acids is 1. The van der Waals surface area contributed by atoms with Crippen molar-refractivity contribution < 1.29 is 13.9 Å². The monoisotopic (exact) mass is 440 g/mol. The first-order chi connectivity index (χ1) is 16.2. The Labute approximate surface area is 192 Å². The van der Waals surface area contributed by atoms with Crippen molar-refractivity contribution in [1.29, 1.82) is 0 Å². The van der Waals surface area contributed by atoms with Crippen molar-refractivity contribution >= 4 is 5.91 Å². The molecular weight excluding hydrogens is 415 g/mol. The number of ether oxygens (including phenoxy) is 1. The van der Waals surface area contributed by atoms with Gasteiger partial charge in [-0.15, -0.1) is 0 Å². The number of aryl methyl sites for hydroxylation is 1. The van der Waals surface area contributed by atoms with E-state index in [1.165, 1.54) is 23.3 Å². The van der Waals surface area contributed by atoms with Gasteiger partial charge in [0.05, 0.1) is 6.04 Å². The lowest BCUT2D eigenvalue weighted by atomic mass is 9.87. The molecule has 3 aromatic carbocycles. The third kappa shape index (κ3) is 4.67. The van der Waals surface area contributed by atoms with Crippen LogP contribution >= 0.6 is 0 Å². The fourth-order valence-corrected chi connectivity index (χ4v) is 4.46. The van der Waals surface area contributed by atoms with Crippen LogP contribution < -0.4 is 10.1 Å². The number of carbonyl (C=O) groups is 1. The number of hydrogen-bond donors (Lipinski definition) is 1. The lowest BCUT2D eigenvalue weighted by Gasteiger charge is -2.28. The van der Waals surface area contributed by atoms with Crippen LogP contribution in [-0.4, -0.2) is 10.5 Å². The summed E-state index contributed by atoms with van der Waals surface area (Å²) in [7, 11) is 0. The first kappa shape index (κ1) is 21.0. The molecule has 1 unspecified atom stereocenters. The van der Waals surface area contributed by atoms with Crippen LogP contribution in [-0.2, 0) is 13.0 Å². The lowest BCUT2D eigenvalue weighted by molar-refractivity contribution is 0.0940. The largest absolute Gasteiger partial charge is 0.457 e. The highest BCUT2D eigenvalue weighted by molar-refractivity contribution is 5.92. The topological polar surface area (TPSA) is 43.3 Å². The number of nitrogens with zero attached hydrogens (tertiary/aromatic N) is 1. The highest BCUT2D eigenvalue weighted by atomic mass is 19.1. The van der Waals surface area contributed by atoms with Crippen molar-refractivity contribution in [3.8, 4) is 11.5 Å². The zero-order valence-electron chi connectivity index (χ0n) is 18.2. The molecule has 5 heteroatoms. The number of amides is 1. The van der Waals surface area contributed by atoms with Gasteiger partial charge >= 0.3 is 0 Å². The zero-order valence-corrected chi connectivity index (χ0v) is 18.2. The first-order valence-electron chi connectivity index (χ1n) is 11.2. The Balaban J connectivity index is 1.24. The van der Waals surface area contributed by atoms with Gasteiger partial charge in [0.2, 0.25) is 0 Å². The van der Waals surface area contributed by atoms with Crippen molar-refractivity contribution in [2.45, 2.75) is 31.8 Å². The molecule has 0 spiro atoms. The van der Waals surface area contributed by atoms with E-state index in [-0.39, 0.29) is 17.8 Å². The van der Waals surface area contributed by atoms with Crippen LogP contribution in [0.3, 0.4) is 0 Å². The molecule has 166 valence electrons. The quantitative estimate of drug-likeness (QED) is 0.384. The van der Waals surface area contributed by atoms with Gasteiger partial charge in [0.15, 0.2) is 0 Å². The summed E-state index contributed by atoms with van der Waals surface area (Å²) < 4.78 is 20.9. The molecule has 1 atom stereocenters. The fraction of sp³-hybridized carbons (Fsp3) is 0.179. The minimum absolute atomic E-state index is 0.0882. The van der Waals surface area contributed by atoms with Crippen molar-refractivity contribution in [2.24, 2.45) is 0 Å². The fourth-order valence-electron chi connectivity index (χ4n) is 4.46. The van der Waals surface area contributed by atoms with E-state index >= 15 is 0 Å². The third-order valence-electron chi connectivity index (χ3n) is 6.11. The summed E-state index contributed by atoms with van der Waals surface area (Å²) >= 11 is 0. The molecule has 0 fully saturated rings. The van der Waals surface area contributed by atoms with Gasteiger partial charge in [-0.3, -0.25) is 4.79 Å². The second-order valence-corrected chi connectivity index (χ2v) is 8.29. The number of halogens is 1. The molecule has 4 aromatic rings. The Morgan fingerprint density at radius 3 is 2.45 bits per heavy atom. The van der Waals surface area contributed by atoms with E-state index in [0.29, 0.717) is 23.7 Å². The van der Waals surface area contributed by atoms with Gasteiger partial charge < -0.3 is 14.6 Å². The maximum atomic E-state index is 13.0. The maximum Gasteiger partial charge on any atom is 0.268 e. The molecular formula is C28H25FN2O2. The summed E-state index contributed by atoms with van der Waals surface area (Å²) in [5, 5.41) is 3.04. The number of fused-ring (bicyclic) bond motifs is 1. The Kier molecular flexibility index (Phi) is 5.94. The van der Waals surface area contributed by atoms with Gasteiger partial charge in [0, 0.05) is 12.7 Å². The molecule has 1 aliphatic rings. The molecule has 0 saturated carbocycles. The van der Waals surface area contributed by atoms with Gasteiger partial charge in [0.25, 0.3) is 5.91 Å². The summed E-state index contributed by atoms with van der Waals surface area (Å²) in [5.74, 6) is 0.839. The normalized spacial score (nSPS) is 15.0. The molecule has 1 N–H and O–H groups in total. The number of aromatic nitrogens is 1. The molecule has 0 saturated heterocycles. The average molecular weight is 441 g/mol. The van der Waals surface area contributed by atoms with Crippen LogP contribution in [0.25, 0.3) is 0 Å². The Morgan fingerprint density at radius 1 is 0.939 bits per heavy atom. The summed E-state index contributed by atoms with van der Waals surface area (Å²) in [6.45, 7) is 0.419. The standard InChI is InChI=1S/C28H25FN2O2/c29-22-12-16-24(17-13-22)33-23-14-10-20(11-15-23)19-30-28(32)27-9-4-18-31(27)26-8-3-6-21-5-1-2-7-25(21)26/h1-2,4-5,7,9-18,26H,3,6,8,19H2,(H,30,32). The second kappa shape index (κ2) is 9.33. The molecule has 0 radical (unpaired) electrons. The number of rotatable bonds is 6. The van der Waals surface area contributed by atoms with Crippen molar-refractivity contribution in [2.75, 3.05) is 0 Å². The number of hydrogen-bond acceptors (Lipinski definition) is 2. The Morgan fingerprint density at radius 2 is 1.67 bits per heavy atom. The van der Waals surface area contributed by atoms with E-state index in [4.69, 9.17) is 4.74 Å². The smallest absolute Gasteiger partial charge is 0.268 e. The highest BCUT2D eigenvalue weighted by Crippen LogP contribution is 2.33. The lowest BCUT2D eigenvalue weighted by Crippen LogP contribution is -2.28. The van der Waals surface area contributed by atoms with E-state index in [9.17, 15) is 9.18 Å². The second-order valence-electron chi connectivity index (χ2n) is 8.29. The molecule has 1 aliphatic carbocycles. The van der Waals surface area contributed by atoms with Crippen LogP contribution in [0.5, 0.6) is 11.5 Å². The number of nitrogens with one attached hydrogen (secondary N) is 1. The van der Waals surface area contributed by atoms with Crippen LogP contribution in [0.15, 0.2) is 91.1 Å². The van der Waals surface area contributed by atoms with E-state index in [2.05, 4.69) is 34.1 Å². The first-order valence-corrected chi connectivity index (χ1v) is 11.2. The minimum atomic E-state index is -0.299. The molecule has 33 heavy (non-hydrogen) atoms. The van der Waals surface area contributed by atoms with Crippen LogP contribution in [0.1, 0.15) is 46.1 Å². The van der Waals surface area contributed by atoms with Crippen LogP contribution in [0.2, 0.25) is 0 Å². The third-order valence-corrected chi connectivity index (χ3v) is 6.11. The highest BCUT2D eigenvalue weighted by Gasteiger charge is 2.24. The summed E-state index contributed by atoms with van der Waals surface area (Å²) in [4.78, 5) is 13.0. The summed E-state index contributed by atoms with van der Waals surface area (Å²) in [6, 6.07) is 25.9. The summed E-state index contributed by atoms with van der Waals surface area (Å²) in [6.07, 6.45) is 5.24. The number of benzene rings is 3. The zero-order chi connectivity index (χ0) is 22.6. The van der Waals surface area contributed by atoms with Gasteiger partial charge in [-0.05, 0) is 84.5 Å². The van der Waals surface area contributed by atoms with Gasteiger partial charge in [-0.1, -0.05) is 36.4 Å². The van der Waals surface area contributed by atoms with Crippen molar-refractivity contribution in [3.63, 3.8) is 0 Å². The van der Waals surface area contributed by atoms with Gasteiger partial charge in [-0.2, -0.15) is 0 Å². The predicted octanol–water partition coefficient (Wildman–Crippen LogP) is 6.28. The van der Waals surface area contributed by atoms with E-state index in [1.807, 2.05) is 42.6 Å². The van der Waals surface area contributed by atoms with Gasteiger partial charge in [-0.25, -0.2) is 4.39 Å². The van der Waals surface area contributed by atoms with E-state index < -0.39 is 0 Å². The van der Waals surface area contributed by atoms with Crippen molar-refractivity contribution in [1.82, 2.24) is 9.88 Å². The minimum Gasteiger partial charge on any atom is -0.457 e. The molecule has 4 nitrogen and oxygen atoms in total. The SMILES string of the molecule is O=C(NCc1ccc(Oc2ccc(F)cc2)cc1)c1cccn1C1CCCc2ccccc21. The Bertz CT molecular complexity index is 1250. The molecule has 0 bridgehead atoms. The van der Waals surface area contributed by atoms with Gasteiger partial charge in [0.1, 0.15) is 23.0 Å². The van der Waals surface area contributed by atoms with E-state index in [0.717, 1.165) is 24.8 Å². The molecule has 5 rings (SSSR count). The average Bonchev–Trinajstić information content (AvgIpc) is 3.34. The van der Waals surface area contributed by atoms with E-state index in [1.54, 1.807) is 12.1 Å². The van der Waals surface area contributed by atoms with Crippen LogP contribution in [0, 0.1) is 5.82 Å². The molecule has 1 heterocycles. The molecule has 1 aromatic heterocycles. The molecule has 0 aliphatic heterocycles. The molecule has 1 amide bonds. The maximum absolute atomic E-state index is 13.0. The Hall–Kier alpha value is -3.86. The van der Waals surface area contributed by atoms with Crippen LogP contribution in [0.4, 0.5) is 4.39 Å². The summed E-state index contributed by atoms with van der Waals surface area (Å²) in [5.41, 5.74) is 4.33. The predicted molar refractivity (Wildman–Crippen MR) is 126 cm³/mol. The van der Waals surface area contributed by atoms with Crippen molar-refractivity contribution in [3.05, 3.63) is 119 Å².